The summed E-state index contributed by atoms with van der Waals surface area (Å²) >= 11 is 0. The molecule has 2 amide bonds. The summed E-state index contributed by atoms with van der Waals surface area (Å²) in [6.45, 7) is 5.70. The fraction of sp³-hybridized carbons (Fsp3) is 0.179. The van der Waals surface area contributed by atoms with Crippen molar-refractivity contribution in [2.75, 3.05) is 10.3 Å². The normalized spacial score (nSPS) is 15.2. The second kappa shape index (κ2) is 9.22. The second-order valence-electron chi connectivity index (χ2n) is 8.92. The summed E-state index contributed by atoms with van der Waals surface area (Å²) < 4.78 is 1.90. The van der Waals surface area contributed by atoms with Crippen molar-refractivity contribution in [3.8, 4) is 22.6 Å². The quantitative estimate of drug-likeness (QED) is 0.407. The number of imidazole rings is 1. The molecule has 8 nitrogen and oxygen atoms in total. The van der Waals surface area contributed by atoms with E-state index in [1.165, 1.54) is 5.01 Å². The van der Waals surface area contributed by atoms with Gasteiger partial charge >= 0.3 is 0 Å². The number of carbonyl (C=O) groups excluding carboxylic acids is 2. The number of nitrogens with one attached hydrogen (secondary N) is 1. The van der Waals surface area contributed by atoms with Gasteiger partial charge in [0.2, 0.25) is 5.91 Å². The summed E-state index contributed by atoms with van der Waals surface area (Å²) in [4.78, 5) is 35.4. The van der Waals surface area contributed by atoms with Gasteiger partial charge in [0.25, 0.3) is 5.91 Å². The molecule has 0 radical (unpaired) electrons. The first kappa shape index (κ1) is 23.2. The molecule has 1 aliphatic rings. The number of hydrogen-bond donors (Lipinski definition) is 1. The molecule has 2 aromatic heterocycles. The van der Waals surface area contributed by atoms with Crippen LogP contribution in [0.1, 0.15) is 19.5 Å². The van der Waals surface area contributed by atoms with Crippen LogP contribution in [0.25, 0.3) is 22.6 Å². The Morgan fingerprint density at radius 3 is 2.56 bits per heavy atom. The zero-order valence-corrected chi connectivity index (χ0v) is 20.6. The van der Waals surface area contributed by atoms with Crippen molar-refractivity contribution in [2.45, 2.75) is 20.8 Å². The van der Waals surface area contributed by atoms with Gasteiger partial charge in [0.05, 0.1) is 17.1 Å². The molecule has 1 unspecified atom stereocenters. The van der Waals surface area contributed by atoms with Crippen molar-refractivity contribution in [2.24, 2.45) is 18.1 Å². The second-order valence-corrected chi connectivity index (χ2v) is 8.92. The number of hydrazone groups is 1. The average molecular weight is 481 g/mol. The SMILES string of the molecule is CC1=NN(c2ccc(C)c(-c3ncccc3C)c2)C(=O)C1C(=O)Nc1cccc(-c2nccn2C)c1.[HH]. The first-order chi connectivity index (χ1) is 17.3. The van der Waals surface area contributed by atoms with Gasteiger partial charge in [-0.1, -0.05) is 24.3 Å². The van der Waals surface area contributed by atoms with E-state index >= 15 is 0 Å². The molecule has 0 saturated carbocycles. The largest absolute Gasteiger partial charge is 0.334 e. The third-order valence-corrected chi connectivity index (χ3v) is 6.33. The molecule has 1 atom stereocenters. The molecule has 0 spiro atoms. The van der Waals surface area contributed by atoms with E-state index in [0.717, 1.165) is 33.8 Å². The van der Waals surface area contributed by atoms with Crippen LogP contribution >= 0.6 is 0 Å². The molecule has 182 valence electrons. The molecular weight excluding hydrogens is 452 g/mol. The Morgan fingerprint density at radius 1 is 0.972 bits per heavy atom. The predicted octanol–water partition coefficient (Wildman–Crippen LogP) is 4.99. The number of amides is 2. The molecule has 0 aliphatic carbocycles. The van der Waals surface area contributed by atoms with Crippen molar-refractivity contribution in [3.05, 3.63) is 84.3 Å². The number of hydrogen-bond acceptors (Lipinski definition) is 5. The van der Waals surface area contributed by atoms with Crippen LogP contribution in [-0.4, -0.2) is 32.1 Å². The van der Waals surface area contributed by atoms with E-state index in [2.05, 4.69) is 20.4 Å². The van der Waals surface area contributed by atoms with Crippen molar-refractivity contribution < 1.29 is 11.0 Å². The molecule has 3 heterocycles. The van der Waals surface area contributed by atoms with Crippen LogP contribution in [0.2, 0.25) is 0 Å². The Hall–Kier alpha value is -4.59. The molecule has 4 aromatic rings. The monoisotopic (exact) mass is 480 g/mol. The third kappa shape index (κ3) is 4.17. The van der Waals surface area contributed by atoms with Gasteiger partial charge in [-0.25, -0.2) is 4.98 Å². The van der Waals surface area contributed by atoms with E-state index in [-0.39, 0.29) is 1.43 Å². The van der Waals surface area contributed by atoms with Crippen molar-refractivity contribution in [1.82, 2.24) is 14.5 Å². The zero-order chi connectivity index (χ0) is 25.4. The highest BCUT2D eigenvalue weighted by atomic mass is 16.2. The number of carbonyl (C=O) groups is 2. The molecule has 8 heteroatoms. The molecule has 0 fully saturated rings. The van der Waals surface area contributed by atoms with Gasteiger partial charge in [0, 0.05) is 43.9 Å². The molecule has 0 saturated heterocycles. The van der Waals surface area contributed by atoms with E-state index in [1.54, 1.807) is 25.4 Å². The topological polar surface area (TPSA) is 92.5 Å². The molecular formula is C28H28N6O2. The van der Waals surface area contributed by atoms with Crippen LogP contribution in [0.3, 0.4) is 0 Å². The highest BCUT2D eigenvalue weighted by Crippen LogP contribution is 2.32. The minimum Gasteiger partial charge on any atom is -0.334 e. The fourth-order valence-corrected chi connectivity index (χ4v) is 4.41. The lowest BCUT2D eigenvalue weighted by Crippen LogP contribution is -2.36. The highest BCUT2D eigenvalue weighted by Gasteiger charge is 2.40. The lowest BCUT2D eigenvalue weighted by atomic mass is 10.00. The summed E-state index contributed by atoms with van der Waals surface area (Å²) in [7, 11) is 1.91. The molecule has 36 heavy (non-hydrogen) atoms. The fourth-order valence-electron chi connectivity index (χ4n) is 4.41. The van der Waals surface area contributed by atoms with Gasteiger partial charge in [0.15, 0.2) is 5.92 Å². The first-order valence-electron chi connectivity index (χ1n) is 11.6. The number of benzene rings is 2. The summed E-state index contributed by atoms with van der Waals surface area (Å²) in [5, 5.41) is 8.64. The maximum Gasteiger partial charge on any atom is 0.265 e. The number of anilines is 2. The van der Waals surface area contributed by atoms with Crippen molar-refractivity contribution in [3.63, 3.8) is 0 Å². The van der Waals surface area contributed by atoms with Crippen LogP contribution in [-0.2, 0) is 16.6 Å². The van der Waals surface area contributed by atoms with E-state index in [9.17, 15) is 9.59 Å². The zero-order valence-electron chi connectivity index (χ0n) is 20.6. The summed E-state index contributed by atoms with van der Waals surface area (Å²) in [5.74, 6) is -1.04. The van der Waals surface area contributed by atoms with Crippen LogP contribution in [0, 0.1) is 19.8 Å². The Kier molecular flexibility index (Phi) is 5.93. The Labute approximate surface area is 210 Å². The number of pyridine rings is 1. The molecule has 1 aliphatic heterocycles. The van der Waals surface area contributed by atoms with Gasteiger partial charge in [-0.2, -0.15) is 10.1 Å². The van der Waals surface area contributed by atoms with Crippen LogP contribution in [0.5, 0.6) is 0 Å². The molecule has 1 N–H and O–H groups in total. The Balaban J connectivity index is 0.00000320. The van der Waals surface area contributed by atoms with E-state index in [0.29, 0.717) is 17.1 Å². The predicted molar refractivity (Wildman–Crippen MR) is 143 cm³/mol. The van der Waals surface area contributed by atoms with Gasteiger partial charge < -0.3 is 9.88 Å². The maximum atomic E-state index is 13.4. The molecule has 0 bridgehead atoms. The van der Waals surface area contributed by atoms with Crippen molar-refractivity contribution >= 4 is 28.9 Å². The lowest BCUT2D eigenvalue weighted by Gasteiger charge is -2.17. The minimum absolute atomic E-state index is 0. The van der Waals surface area contributed by atoms with Crippen LogP contribution in [0.4, 0.5) is 11.4 Å². The standard InChI is InChI=1S/C28H26N6O2.H2/c1-17-10-11-22(16-23(17)25-18(2)7-6-12-29-25)34-28(36)24(19(3)32-34)27(35)31-21-9-5-8-20(15-21)26-30-13-14-33(26)4;/h5-16,24H,1-4H3,(H,31,35);1H. The lowest BCUT2D eigenvalue weighted by molar-refractivity contribution is -0.127. The van der Waals surface area contributed by atoms with Gasteiger partial charge in [-0.15, -0.1) is 0 Å². The highest BCUT2D eigenvalue weighted by molar-refractivity contribution is 6.28. The Bertz CT molecular complexity index is 1530. The molecule has 2 aromatic carbocycles. The van der Waals surface area contributed by atoms with Gasteiger partial charge in [0.1, 0.15) is 5.82 Å². The minimum atomic E-state index is -1.01. The number of nitrogens with zero attached hydrogens (tertiary/aromatic N) is 5. The summed E-state index contributed by atoms with van der Waals surface area (Å²) in [6.07, 6.45) is 5.33. The number of aromatic nitrogens is 3. The number of rotatable bonds is 5. The molecule has 5 rings (SSSR count). The summed E-state index contributed by atoms with van der Waals surface area (Å²) in [5.41, 5.74) is 6.33. The average Bonchev–Trinajstić information content (AvgIpc) is 3.42. The third-order valence-electron chi connectivity index (χ3n) is 6.33. The van der Waals surface area contributed by atoms with Gasteiger partial charge in [-0.05, 0) is 62.2 Å². The smallest absolute Gasteiger partial charge is 0.265 e. The van der Waals surface area contributed by atoms with Crippen molar-refractivity contribution in [1.29, 1.82) is 0 Å². The van der Waals surface area contributed by atoms with Crippen LogP contribution in [0.15, 0.2) is 78.3 Å². The van der Waals surface area contributed by atoms with Crippen LogP contribution < -0.4 is 10.3 Å². The maximum absolute atomic E-state index is 13.4. The Morgan fingerprint density at radius 2 is 1.81 bits per heavy atom. The van der Waals surface area contributed by atoms with Gasteiger partial charge in [-0.3, -0.25) is 14.6 Å². The first-order valence-corrected chi connectivity index (χ1v) is 11.6. The van der Waals surface area contributed by atoms with E-state index < -0.39 is 17.7 Å². The summed E-state index contributed by atoms with van der Waals surface area (Å²) in [6, 6.07) is 17.0. The number of aryl methyl sites for hydroxylation is 3. The van der Waals surface area contributed by atoms with E-state index in [4.69, 9.17) is 0 Å². The van der Waals surface area contributed by atoms with E-state index in [1.807, 2.05) is 80.2 Å².